The van der Waals surface area contributed by atoms with E-state index in [1.807, 2.05) is 0 Å². The predicted octanol–water partition coefficient (Wildman–Crippen LogP) is 1.75. The molecule has 0 amide bonds. The lowest BCUT2D eigenvalue weighted by molar-refractivity contribution is -0.132. The van der Waals surface area contributed by atoms with Gasteiger partial charge in [-0.15, -0.1) is 0 Å². The Morgan fingerprint density at radius 2 is 1.89 bits per heavy atom. The summed E-state index contributed by atoms with van der Waals surface area (Å²) >= 11 is 0. The van der Waals surface area contributed by atoms with E-state index in [0.29, 0.717) is 0 Å². The molecule has 0 radical (unpaired) electrons. The minimum absolute atomic E-state index is 0.176. The van der Waals surface area contributed by atoms with Gasteiger partial charge in [0.25, 0.3) is 0 Å². The fourth-order valence-electron chi connectivity index (χ4n) is 0. The molecular weight excluding hydrogens is 123 g/mol. The topological polar surface area (TPSA) is 37.3 Å². The molecule has 1 N–H and O–H groups in total. The Labute approximate surface area is 53.3 Å². The van der Waals surface area contributed by atoms with Crippen LogP contribution in [0.5, 0.6) is 0 Å². The number of aliphatic carboxylic acids is 1. The van der Waals surface area contributed by atoms with Crippen molar-refractivity contribution in [3.63, 3.8) is 0 Å². The molecule has 0 fully saturated rings. The van der Waals surface area contributed by atoms with Crippen LogP contribution in [0.4, 0.5) is 4.39 Å². The molecule has 0 aromatic heterocycles. The van der Waals surface area contributed by atoms with E-state index < -0.39 is 5.97 Å². The molecule has 0 aliphatic rings. The molecule has 0 aliphatic carbocycles. The fourth-order valence-corrected chi connectivity index (χ4v) is 0. The van der Waals surface area contributed by atoms with Crippen LogP contribution in [0.25, 0.3) is 0 Å². The Morgan fingerprint density at radius 3 is 1.89 bits per heavy atom. The molecular formula is C6H9FO2. The molecule has 0 heterocycles. The maximum absolute atomic E-state index is 10.1. The van der Waals surface area contributed by atoms with Crippen molar-refractivity contribution in [2.45, 2.75) is 6.92 Å². The van der Waals surface area contributed by atoms with E-state index in [9.17, 15) is 9.18 Å². The van der Waals surface area contributed by atoms with Gasteiger partial charge in [0.1, 0.15) is 0 Å². The molecule has 0 unspecified atom stereocenters. The van der Waals surface area contributed by atoms with Crippen LogP contribution in [-0.4, -0.2) is 11.1 Å². The molecule has 0 bridgehead atoms. The zero-order valence-electron chi connectivity index (χ0n) is 5.22. The SMILES string of the molecule is C=C(C)C(=O)O.C=CF. The summed E-state index contributed by atoms with van der Waals surface area (Å²) in [6, 6.07) is 0. The van der Waals surface area contributed by atoms with Crippen LogP contribution in [0.1, 0.15) is 6.92 Å². The second kappa shape index (κ2) is 6.88. The Bertz CT molecular complexity index is 106. The molecule has 0 atom stereocenters. The highest BCUT2D eigenvalue weighted by Gasteiger charge is 1.90. The molecule has 0 saturated carbocycles. The van der Waals surface area contributed by atoms with Crippen molar-refractivity contribution in [1.29, 1.82) is 0 Å². The number of halogens is 1. The third kappa shape index (κ3) is 19.8. The average Bonchev–Trinajstić information content (AvgIpc) is 1.68. The molecule has 0 spiro atoms. The maximum atomic E-state index is 10.1. The minimum Gasteiger partial charge on any atom is -0.478 e. The first kappa shape index (κ1) is 10.8. The third-order valence-corrected chi connectivity index (χ3v) is 0.365. The first-order valence-electron chi connectivity index (χ1n) is 2.16. The van der Waals surface area contributed by atoms with E-state index in [4.69, 9.17) is 5.11 Å². The third-order valence-electron chi connectivity index (χ3n) is 0.365. The summed E-state index contributed by atoms with van der Waals surface area (Å²) in [6.45, 7) is 7.30. The van der Waals surface area contributed by atoms with Gasteiger partial charge in [0.05, 0.1) is 6.33 Å². The van der Waals surface area contributed by atoms with Crippen molar-refractivity contribution in [1.82, 2.24) is 0 Å². The molecule has 0 rings (SSSR count). The van der Waals surface area contributed by atoms with Gasteiger partial charge in [0, 0.05) is 5.57 Å². The van der Waals surface area contributed by atoms with Crippen LogP contribution in [0.2, 0.25) is 0 Å². The standard InChI is InChI=1S/C4H6O2.C2H3F/c1-3(2)4(5)6;1-2-3/h1H2,2H3,(H,5,6);2H,1H2. The van der Waals surface area contributed by atoms with Crippen molar-refractivity contribution in [2.24, 2.45) is 0 Å². The van der Waals surface area contributed by atoms with Gasteiger partial charge in [-0.25, -0.2) is 9.18 Å². The number of carboxylic acid groups (broad SMARTS) is 1. The van der Waals surface area contributed by atoms with Gasteiger partial charge in [0.15, 0.2) is 0 Å². The van der Waals surface area contributed by atoms with Crippen molar-refractivity contribution in [2.75, 3.05) is 0 Å². The Balaban J connectivity index is 0. The van der Waals surface area contributed by atoms with Crippen molar-refractivity contribution in [3.8, 4) is 0 Å². The van der Waals surface area contributed by atoms with Crippen molar-refractivity contribution >= 4 is 5.97 Å². The smallest absolute Gasteiger partial charge is 0.330 e. The molecule has 0 aromatic carbocycles. The summed E-state index contributed by atoms with van der Waals surface area (Å²) in [5.74, 6) is -0.935. The van der Waals surface area contributed by atoms with Gasteiger partial charge in [-0.3, -0.25) is 0 Å². The largest absolute Gasteiger partial charge is 0.478 e. The Morgan fingerprint density at radius 1 is 1.78 bits per heavy atom. The highest BCUT2D eigenvalue weighted by atomic mass is 19.1. The van der Waals surface area contributed by atoms with Gasteiger partial charge in [-0.2, -0.15) is 0 Å². The summed E-state index contributed by atoms with van der Waals surface area (Å²) < 4.78 is 10.1. The fraction of sp³-hybridized carbons (Fsp3) is 0.167. The van der Waals surface area contributed by atoms with Gasteiger partial charge >= 0.3 is 5.97 Å². The Kier molecular flexibility index (Phi) is 8.25. The van der Waals surface area contributed by atoms with Gasteiger partial charge in [-0.1, -0.05) is 13.2 Å². The summed E-state index contributed by atoms with van der Waals surface area (Å²) in [6.07, 6.45) is 0.250. The summed E-state index contributed by atoms with van der Waals surface area (Å²) in [4.78, 5) is 9.60. The van der Waals surface area contributed by atoms with Crippen LogP contribution in [0.3, 0.4) is 0 Å². The van der Waals surface area contributed by atoms with Crippen LogP contribution in [0.15, 0.2) is 25.1 Å². The molecule has 0 aliphatic heterocycles. The van der Waals surface area contributed by atoms with Crippen LogP contribution in [-0.2, 0) is 4.79 Å². The van der Waals surface area contributed by atoms with E-state index >= 15 is 0 Å². The van der Waals surface area contributed by atoms with Crippen LogP contribution >= 0.6 is 0 Å². The zero-order valence-corrected chi connectivity index (χ0v) is 5.22. The maximum Gasteiger partial charge on any atom is 0.330 e. The average molecular weight is 132 g/mol. The number of rotatable bonds is 1. The Hall–Kier alpha value is -1.12. The normalized spacial score (nSPS) is 6.44. The number of hydrogen-bond donors (Lipinski definition) is 1. The molecule has 52 valence electrons. The van der Waals surface area contributed by atoms with Gasteiger partial charge in [-0.05, 0) is 6.92 Å². The van der Waals surface area contributed by atoms with Crippen LogP contribution < -0.4 is 0 Å². The quantitative estimate of drug-likeness (QED) is 0.552. The summed E-state index contributed by atoms with van der Waals surface area (Å²) in [5.41, 5.74) is 0.176. The van der Waals surface area contributed by atoms with E-state index in [0.717, 1.165) is 0 Å². The lowest BCUT2D eigenvalue weighted by Crippen LogP contribution is -1.92. The van der Waals surface area contributed by atoms with E-state index in [1.54, 1.807) is 0 Å². The second-order valence-corrected chi connectivity index (χ2v) is 1.24. The molecule has 2 nitrogen and oxygen atoms in total. The lowest BCUT2D eigenvalue weighted by atomic mass is 10.4. The minimum atomic E-state index is -0.935. The van der Waals surface area contributed by atoms with Crippen LogP contribution in [0, 0.1) is 0 Å². The first-order chi connectivity index (χ1) is 4.06. The molecule has 0 aromatic rings. The van der Waals surface area contributed by atoms with Gasteiger partial charge < -0.3 is 5.11 Å². The van der Waals surface area contributed by atoms with E-state index in [1.165, 1.54) is 6.92 Å². The van der Waals surface area contributed by atoms with Crippen molar-refractivity contribution in [3.05, 3.63) is 25.1 Å². The van der Waals surface area contributed by atoms with E-state index in [-0.39, 0.29) is 11.9 Å². The van der Waals surface area contributed by atoms with Gasteiger partial charge in [0.2, 0.25) is 0 Å². The highest BCUT2D eigenvalue weighted by molar-refractivity contribution is 5.84. The first-order valence-corrected chi connectivity index (χ1v) is 2.16. The van der Waals surface area contributed by atoms with E-state index in [2.05, 4.69) is 13.2 Å². The summed E-state index contributed by atoms with van der Waals surface area (Å²) in [7, 11) is 0. The van der Waals surface area contributed by atoms with Crippen molar-refractivity contribution < 1.29 is 14.3 Å². The molecule has 3 heteroatoms. The summed E-state index contributed by atoms with van der Waals surface area (Å²) in [5, 5.41) is 7.89. The number of hydrogen-bond acceptors (Lipinski definition) is 1. The molecule has 0 saturated heterocycles. The highest BCUT2D eigenvalue weighted by Crippen LogP contribution is 1.81. The second-order valence-electron chi connectivity index (χ2n) is 1.24. The monoisotopic (exact) mass is 132 g/mol. The predicted molar refractivity (Wildman–Crippen MR) is 33.8 cm³/mol. The number of carboxylic acids is 1. The lowest BCUT2D eigenvalue weighted by Gasteiger charge is -1.79. The molecule has 9 heavy (non-hydrogen) atoms. The number of carbonyl (C=O) groups is 1. The zero-order chi connectivity index (χ0) is 7.86.